The lowest BCUT2D eigenvalue weighted by atomic mass is 9.94. The Labute approximate surface area is 289 Å². The van der Waals surface area contributed by atoms with Crippen LogP contribution in [-0.2, 0) is 19.4 Å². The number of carbonyl (C=O) groups excluding carboxylic acids is 1. The fourth-order valence-corrected chi connectivity index (χ4v) is 7.60. The molecule has 0 atom stereocenters. The summed E-state index contributed by atoms with van der Waals surface area (Å²) in [5.74, 6) is 0.499. The summed E-state index contributed by atoms with van der Waals surface area (Å²) in [4.78, 5) is 41.2. The zero-order valence-corrected chi connectivity index (χ0v) is 27.6. The first-order valence-electron chi connectivity index (χ1n) is 15.5. The molecule has 1 aliphatic rings. The Morgan fingerprint density at radius 2 is 1.86 bits per heavy atom. The van der Waals surface area contributed by atoms with Crippen molar-refractivity contribution >= 4 is 55.2 Å². The van der Waals surface area contributed by atoms with E-state index in [0.717, 1.165) is 26.9 Å². The Kier molecular flexibility index (Phi) is 9.14. The van der Waals surface area contributed by atoms with Crippen LogP contribution in [-0.4, -0.2) is 45.3 Å². The first kappa shape index (κ1) is 31.7. The second-order valence-corrected chi connectivity index (χ2v) is 13.2. The molecule has 0 fully saturated rings. The van der Waals surface area contributed by atoms with Gasteiger partial charge in [-0.05, 0) is 85.0 Å². The lowest BCUT2D eigenvalue weighted by molar-refractivity contribution is 0.102. The predicted molar refractivity (Wildman–Crippen MR) is 188 cm³/mol. The van der Waals surface area contributed by atoms with Gasteiger partial charge in [-0.25, -0.2) is 9.78 Å². The molecule has 244 valence electrons. The molecule has 0 bridgehead atoms. The van der Waals surface area contributed by atoms with Crippen LogP contribution in [0.25, 0.3) is 21.5 Å². The monoisotopic (exact) mass is 688 g/mol. The van der Waals surface area contributed by atoms with Gasteiger partial charge in [0.2, 0.25) is 5.88 Å². The highest BCUT2D eigenvalue weighted by Gasteiger charge is 2.26. The van der Waals surface area contributed by atoms with Crippen molar-refractivity contribution in [1.29, 1.82) is 5.26 Å². The van der Waals surface area contributed by atoms with Crippen LogP contribution in [0.15, 0.2) is 85.1 Å². The first-order valence-corrected chi connectivity index (χ1v) is 17.1. The third kappa shape index (κ3) is 7.06. The molecule has 0 saturated carbocycles. The Bertz CT molecular complexity index is 2180. The molecule has 49 heavy (non-hydrogen) atoms. The number of carbonyl (C=O) groups is 2. The van der Waals surface area contributed by atoms with Gasteiger partial charge in [0.25, 0.3) is 5.91 Å². The normalized spacial score (nSPS) is 12.3. The number of hydrogen-bond acceptors (Lipinski definition) is 11. The number of ether oxygens (including phenoxy) is 2. The standard InChI is InChI=1S/C36H28N6O5S2/c37-20-24-7-4-17-38-31(24)23-12-14-25(15-13-23)46-19-5-11-30-33(47-36(44)45)41-35(49-30)42-18-16-22-6-3-8-26(27(22)21-42)32(43)40-34-39-28-9-1-2-10-29(28)48-34/h1-4,6-10,12-15,17H,5,11,16,18-19,21H2,(H,44,45)(H,39,40,43). The number of thiazole rings is 2. The average Bonchev–Trinajstić information content (AvgIpc) is 3.72. The number of carboxylic acid groups (broad SMARTS) is 1. The van der Waals surface area contributed by atoms with Gasteiger partial charge in [-0.15, -0.1) is 0 Å². The van der Waals surface area contributed by atoms with Crippen LogP contribution in [0.3, 0.4) is 0 Å². The number of aryl methyl sites for hydroxylation is 1. The fourth-order valence-electron chi connectivity index (χ4n) is 5.69. The number of hydrogen-bond donors (Lipinski definition) is 2. The van der Waals surface area contributed by atoms with Crippen LogP contribution < -0.4 is 19.7 Å². The van der Waals surface area contributed by atoms with Crippen LogP contribution in [0.1, 0.15) is 38.3 Å². The molecule has 2 N–H and O–H groups in total. The highest BCUT2D eigenvalue weighted by molar-refractivity contribution is 7.22. The number of pyridine rings is 1. The van der Waals surface area contributed by atoms with Crippen molar-refractivity contribution in [3.63, 3.8) is 0 Å². The minimum Gasteiger partial charge on any atom is -0.494 e. The molecular formula is C36H28N6O5S2. The van der Waals surface area contributed by atoms with Crippen LogP contribution in [0.2, 0.25) is 0 Å². The number of fused-ring (bicyclic) bond motifs is 2. The first-order chi connectivity index (χ1) is 23.9. The highest BCUT2D eigenvalue weighted by atomic mass is 32.1. The van der Waals surface area contributed by atoms with E-state index in [9.17, 15) is 20.0 Å². The molecule has 1 amide bonds. The number of nitrogens with one attached hydrogen (secondary N) is 1. The predicted octanol–water partition coefficient (Wildman–Crippen LogP) is 7.57. The number of nitrogens with zero attached hydrogens (tertiary/aromatic N) is 5. The summed E-state index contributed by atoms with van der Waals surface area (Å²) in [5.41, 5.74) is 5.32. The van der Waals surface area contributed by atoms with E-state index in [1.54, 1.807) is 18.3 Å². The third-order valence-electron chi connectivity index (χ3n) is 8.01. The zero-order valence-electron chi connectivity index (χ0n) is 26.0. The van der Waals surface area contributed by atoms with E-state index in [0.29, 0.717) is 76.7 Å². The van der Waals surface area contributed by atoms with E-state index in [1.165, 1.54) is 22.7 Å². The minimum atomic E-state index is -1.43. The van der Waals surface area contributed by atoms with E-state index in [4.69, 9.17) is 9.47 Å². The van der Waals surface area contributed by atoms with Gasteiger partial charge in [-0.3, -0.25) is 15.1 Å². The molecule has 0 spiro atoms. The number of benzene rings is 3. The molecule has 0 aliphatic carbocycles. The molecule has 0 saturated heterocycles. The van der Waals surface area contributed by atoms with Gasteiger partial charge in [0.1, 0.15) is 11.8 Å². The van der Waals surface area contributed by atoms with Crippen molar-refractivity contribution in [3.8, 4) is 29.0 Å². The molecule has 1 aliphatic heterocycles. The van der Waals surface area contributed by atoms with E-state index >= 15 is 0 Å². The van der Waals surface area contributed by atoms with Gasteiger partial charge in [-0.2, -0.15) is 10.2 Å². The van der Waals surface area contributed by atoms with E-state index < -0.39 is 6.16 Å². The Morgan fingerprint density at radius 1 is 1.00 bits per heavy atom. The number of para-hydroxylation sites is 1. The van der Waals surface area contributed by atoms with Crippen molar-refractivity contribution < 1.29 is 24.2 Å². The molecule has 13 heteroatoms. The largest absolute Gasteiger partial charge is 0.512 e. The van der Waals surface area contributed by atoms with Crippen molar-refractivity contribution in [2.24, 2.45) is 0 Å². The molecule has 0 unspecified atom stereocenters. The topological polar surface area (TPSA) is 151 Å². The second-order valence-electron chi connectivity index (χ2n) is 11.1. The van der Waals surface area contributed by atoms with Gasteiger partial charge in [-0.1, -0.05) is 46.9 Å². The molecule has 4 heterocycles. The summed E-state index contributed by atoms with van der Waals surface area (Å²) in [6, 6.07) is 26.5. The number of aromatic nitrogens is 3. The Morgan fingerprint density at radius 3 is 2.67 bits per heavy atom. The van der Waals surface area contributed by atoms with E-state index in [1.807, 2.05) is 66.7 Å². The van der Waals surface area contributed by atoms with Crippen LogP contribution in [0, 0.1) is 11.3 Å². The highest BCUT2D eigenvalue weighted by Crippen LogP contribution is 2.36. The van der Waals surface area contributed by atoms with Gasteiger partial charge in [0.15, 0.2) is 10.3 Å². The number of nitriles is 1. The summed E-state index contributed by atoms with van der Waals surface area (Å²) in [5, 5.41) is 22.9. The van der Waals surface area contributed by atoms with Crippen molar-refractivity contribution in [1.82, 2.24) is 15.0 Å². The summed E-state index contributed by atoms with van der Waals surface area (Å²) >= 11 is 2.81. The number of rotatable bonds is 10. The maximum absolute atomic E-state index is 13.5. The lowest BCUT2D eigenvalue weighted by Crippen LogP contribution is -2.32. The van der Waals surface area contributed by atoms with Crippen molar-refractivity contribution in [2.75, 3.05) is 23.4 Å². The van der Waals surface area contributed by atoms with E-state index in [-0.39, 0.29) is 11.8 Å². The van der Waals surface area contributed by atoms with Gasteiger partial charge in [0.05, 0.1) is 33.0 Å². The third-order valence-corrected chi connectivity index (χ3v) is 10.1. The van der Waals surface area contributed by atoms with Crippen molar-refractivity contribution in [3.05, 3.63) is 112 Å². The quantitative estimate of drug-likeness (QED) is 0.109. The molecule has 11 nitrogen and oxygen atoms in total. The van der Waals surface area contributed by atoms with Crippen LogP contribution in [0.4, 0.5) is 15.1 Å². The summed E-state index contributed by atoms with van der Waals surface area (Å²) in [6.45, 7) is 1.48. The molecular weight excluding hydrogens is 661 g/mol. The number of anilines is 2. The maximum Gasteiger partial charge on any atom is 0.512 e. The summed E-state index contributed by atoms with van der Waals surface area (Å²) in [7, 11) is 0. The van der Waals surface area contributed by atoms with Crippen LogP contribution >= 0.6 is 22.7 Å². The molecule has 3 aromatic heterocycles. The average molecular weight is 689 g/mol. The maximum atomic E-state index is 13.5. The Balaban J connectivity index is 1.01. The fraction of sp³-hybridized carbons (Fsp3) is 0.167. The summed E-state index contributed by atoms with van der Waals surface area (Å²) in [6.07, 6.45) is 2.02. The van der Waals surface area contributed by atoms with Gasteiger partial charge >= 0.3 is 6.16 Å². The minimum absolute atomic E-state index is 0.0631. The Hall–Kier alpha value is -5.84. The van der Waals surface area contributed by atoms with Gasteiger partial charge in [0, 0.05) is 30.4 Å². The number of amides is 1. The lowest BCUT2D eigenvalue weighted by Gasteiger charge is -2.29. The zero-order chi connectivity index (χ0) is 33.7. The summed E-state index contributed by atoms with van der Waals surface area (Å²) < 4.78 is 12.0. The molecule has 6 aromatic rings. The SMILES string of the molecule is N#Cc1cccnc1-c1ccc(OCCCc2sc(N3CCc4cccc(C(=O)Nc5nc6ccccc6s5)c4C3)nc2OC(=O)O)cc1. The smallest absolute Gasteiger partial charge is 0.494 e. The van der Waals surface area contributed by atoms with E-state index in [2.05, 4.69) is 31.2 Å². The molecule has 3 aromatic carbocycles. The van der Waals surface area contributed by atoms with Gasteiger partial charge < -0.3 is 19.5 Å². The molecule has 7 rings (SSSR count). The van der Waals surface area contributed by atoms with Crippen molar-refractivity contribution in [2.45, 2.75) is 25.8 Å². The van der Waals surface area contributed by atoms with Crippen LogP contribution in [0.5, 0.6) is 11.6 Å². The second kappa shape index (κ2) is 14.1. The molecule has 0 radical (unpaired) electrons.